The lowest BCUT2D eigenvalue weighted by Gasteiger charge is -2.16. The fraction of sp³-hybridized carbons (Fsp3) is 0.500. The van der Waals surface area contributed by atoms with E-state index in [1.165, 1.54) is 6.42 Å². The third kappa shape index (κ3) is 2.39. The molecule has 1 aromatic heterocycles. The highest BCUT2D eigenvalue weighted by molar-refractivity contribution is 9.10. The zero-order valence-corrected chi connectivity index (χ0v) is 10.1. The molecule has 1 N–H and O–H groups in total. The number of hydrogen-bond acceptors (Lipinski definition) is 2. The van der Waals surface area contributed by atoms with Gasteiger partial charge in [0.2, 0.25) is 0 Å². The summed E-state index contributed by atoms with van der Waals surface area (Å²) in [7, 11) is 0. The minimum atomic E-state index is 0.250. The van der Waals surface area contributed by atoms with Gasteiger partial charge in [-0.2, -0.15) is 0 Å². The fourth-order valence-corrected chi connectivity index (χ4v) is 2.31. The molecule has 14 heavy (non-hydrogen) atoms. The van der Waals surface area contributed by atoms with Gasteiger partial charge in [0.1, 0.15) is 5.82 Å². The third-order valence-electron chi connectivity index (χ3n) is 2.49. The van der Waals surface area contributed by atoms with Gasteiger partial charge in [-0.3, -0.25) is 0 Å². The van der Waals surface area contributed by atoms with E-state index in [0.717, 1.165) is 23.1 Å². The van der Waals surface area contributed by atoms with Crippen molar-refractivity contribution in [3.8, 4) is 0 Å². The lowest BCUT2D eigenvalue weighted by Crippen LogP contribution is -2.24. The second-order valence-corrected chi connectivity index (χ2v) is 5.04. The lowest BCUT2D eigenvalue weighted by atomic mass is 10.2. The summed E-state index contributed by atoms with van der Waals surface area (Å²) in [6.07, 6.45) is 5.25. The molecule has 0 saturated heterocycles. The second kappa shape index (κ2) is 4.49. The molecule has 1 aromatic rings. The normalized spacial score (nSPS) is 26.4. The molecule has 2 rings (SSSR count). The van der Waals surface area contributed by atoms with Crippen LogP contribution >= 0.6 is 27.5 Å². The van der Waals surface area contributed by atoms with E-state index in [9.17, 15) is 0 Å². The highest BCUT2D eigenvalue weighted by atomic mass is 79.9. The maximum atomic E-state index is 6.16. The molecule has 0 aliphatic heterocycles. The first-order valence-corrected chi connectivity index (χ1v) is 6.01. The monoisotopic (exact) mass is 274 g/mol. The second-order valence-electron chi connectivity index (χ2n) is 3.56. The van der Waals surface area contributed by atoms with E-state index >= 15 is 0 Å². The molecule has 1 aliphatic rings. The first kappa shape index (κ1) is 10.2. The van der Waals surface area contributed by atoms with Gasteiger partial charge in [-0.05, 0) is 47.3 Å². The maximum Gasteiger partial charge on any atom is 0.126 e. The first-order chi connectivity index (χ1) is 6.75. The van der Waals surface area contributed by atoms with Gasteiger partial charge in [-0.1, -0.05) is 0 Å². The number of aromatic nitrogens is 1. The molecule has 2 atom stereocenters. The fourth-order valence-electron chi connectivity index (χ4n) is 1.73. The topological polar surface area (TPSA) is 24.9 Å². The molecule has 2 nitrogen and oxygen atoms in total. The van der Waals surface area contributed by atoms with Crippen LogP contribution < -0.4 is 5.32 Å². The van der Waals surface area contributed by atoms with E-state index in [4.69, 9.17) is 11.6 Å². The van der Waals surface area contributed by atoms with Crippen molar-refractivity contribution in [3.63, 3.8) is 0 Å². The van der Waals surface area contributed by atoms with Crippen LogP contribution in [0.4, 0.5) is 5.82 Å². The number of nitrogens with zero attached hydrogens (tertiary/aromatic N) is 1. The van der Waals surface area contributed by atoms with E-state index in [0.29, 0.717) is 6.04 Å². The van der Waals surface area contributed by atoms with Crippen molar-refractivity contribution < 1.29 is 0 Å². The van der Waals surface area contributed by atoms with E-state index in [-0.39, 0.29) is 5.38 Å². The van der Waals surface area contributed by atoms with Crippen molar-refractivity contribution in [2.24, 2.45) is 0 Å². The zero-order chi connectivity index (χ0) is 9.97. The molecule has 0 amide bonds. The van der Waals surface area contributed by atoms with Crippen LogP contribution in [0.2, 0.25) is 0 Å². The van der Waals surface area contributed by atoms with E-state index in [2.05, 4.69) is 26.2 Å². The summed E-state index contributed by atoms with van der Waals surface area (Å²) in [6.45, 7) is 0. The number of pyridine rings is 1. The van der Waals surface area contributed by atoms with E-state index in [1.807, 2.05) is 12.1 Å². The Morgan fingerprint density at radius 3 is 2.86 bits per heavy atom. The van der Waals surface area contributed by atoms with Gasteiger partial charge in [0, 0.05) is 16.7 Å². The van der Waals surface area contributed by atoms with Crippen LogP contribution in [0.25, 0.3) is 0 Å². The minimum Gasteiger partial charge on any atom is -0.366 e. The van der Waals surface area contributed by atoms with Crippen molar-refractivity contribution in [1.82, 2.24) is 4.98 Å². The summed E-state index contributed by atoms with van der Waals surface area (Å²) in [6, 6.07) is 4.32. The number of rotatable bonds is 2. The van der Waals surface area contributed by atoms with Gasteiger partial charge < -0.3 is 5.32 Å². The van der Waals surface area contributed by atoms with Crippen molar-refractivity contribution in [3.05, 3.63) is 22.8 Å². The van der Waals surface area contributed by atoms with E-state index < -0.39 is 0 Å². The largest absolute Gasteiger partial charge is 0.366 e. The summed E-state index contributed by atoms with van der Waals surface area (Å²) in [5.41, 5.74) is 0. The predicted octanol–water partition coefficient (Wildman–Crippen LogP) is 3.42. The minimum absolute atomic E-state index is 0.250. The van der Waals surface area contributed by atoms with Crippen LogP contribution in [0.15, 0.2) is 22.8 Å². The molecule has 4 heteroatoms. The summed E-state index contributed by atoms with van der Waals surface area (Å²) in [5.74, 6) is 0.908. The molecule has 0 bridgehead atoms. The van der Waals surface area contributed by atoms with Crippen molar-refractivity contribution in [2.45, 2.75) is 30.7 Å². The Bertz CT molecular complexity index is 301. The molecular formula is C10H12BrClN2. The molecule has 2 unspecified atom stereocenters. The quantitative estimate of drug-likeness (QED) is 0.837. The Morgan fingerprint density at radius 1 is 1.43 bits per heavy atom. The van der Waals surface area contributed by atoms with Crippen LogP contribution in [-0.2, 0) is 0 Å². The Labute approximate surface area is 97.2 Å². The van der Waals surface area contributed by atoms with Crippen LogP contribution in [0.3, 0.4) is 0 Å². The molecular weight excluding hydrogens is 263 g/mol. The van der Waals surface area contributed by atoms with E-state index in [1.54, 1.807) is 6.20 Å². The summed E-state index contributed by atoms with van der Waals surface area (Å²) >= 11 is 9.51. The predicted molar refractivity (Wildman–Crippen MR) is 62.8 cm³/mol. The van der Waals surface area contributed by atoms with Gasteiger partial charge in [-0.15, -0.1) is 11.6 Å². The van der Waals surface area contributed by atoms with Crippen LogP contribution in [0.5, 0.6) is 0 Å². The van der Waals surface area contributed by atoms with Gasteiger partial charge >= 0.3 is 0 Å². The van der Waals surface area contributed by atoms with Crippen molar-refractivity contribution in [1.29, 1.82) is 0 Å². The molecule has 1 aliphatic carbocycles. The third-order valence-corrected chi connectivity index (χ3v) is 3.48. The van der Waals surface area contributed by atoms with Gasteiger partial charge in [-0.25, -0.2) is 4.98 Å². The van der Waals surface area contributed by atoms with Crippen LogP contribution in [-0.4, -0.2) is 16.4 Å². The molecule has 0 radical (unpaired) electrons. The molecule has 0 aromatic carbocycles. The van der Waals surface area contributed by atoms with Crippen molar-refractivity contribution in [2.75, 3.05) is 5.32 Å². The number of hydrogen-bond donors (Lipinski definition) is 1. The Balaban J connectivity index is 2.00. The summed E-state index contributed by atoms with van der Waals surface area (Å²) in [5, 5.41) is 3.60. The molecule has 0 spiro atoms. The number of nitrogens with one attached hydrogen (secondary N) is 1. The van der Waals surface area contributed by atoms with Gasteiger partial charge in [0.25, 0.3) is 0 Å². The van der Waals surface area contributed by atoms with Gasteiger partial charge in [0.15, 0.2) is 0 Å². The summed E-state index contributed by atoms with van der Waals surface area (Å²) < 4.78 is 0.997. The van der Waals surface area contributed by atoms with Gasteiger partial charge in [0.05, 0.1) is 5.38 Å². The smallest absolute Gasteiger partial charge is 0.126 e. The Kier molecular flexibility index (Phi) is 3.29. The highest BCUT2D eigenvalue weighted by Crippen LogP contribution is 2.26. The van der Waals surface area contributed by atoms with Crippen molar-refractivity contribution >= 4 is 33.3 Å². The Morgan fingerprint density at radius 2 is 2.29 bits per heavy atom. The maximum absolute atomic E-state index is 6.16. The average Bonchev–Trinajstić information content (AvgIpc) is 2.56. The number of halogens is 2. The standard InChI is InChI=1S/C10H12BrClN2/c11-7-4-5-10(13-6-7)14-9-3-1-2-8(9)12/h4-6,8-9H,1-3H2,(H,13,14). The SMILES string of the molecule is ClC1CCCC1Nc1ccc(Br)cn1. The lowest BCUT2D eigenvalue weighted by molar-refractivity contribution is 0.756. The average molecular weight is 276 g/mol. The van der Waals surface area contributed by atoms with Crippen LogP contribution in [0.1, 0.15) is 19.3 Å². The summed E-state index contributed by atoms with van der Waals surface area (Å²) in [4.78, 5) is 4.26. The number of anilines is 1. The highest BCUT2D eigenvalue weighted by Gasteiger charge is 2.25. The molecule has 1 heterocycles. The molecule has 76 valence electrons. The first-order valence-electron chi connectivity index (χ1n) is 4.78. The molecule has 1 fully saturated rings. The molecule has 1 saturated carbocycles. The Hall–Kier alpha value is -0.280. The number of alkyl halides is 1. The zero-order valence-electron chi connectivity index (χ0n) is 7.71. The van der Waals surface area contributed by atoms with Crippen LogP contribution in [0, 0.1) is 0 Å².